The molecular formula is C23H32N2O9. The van der Waals surface area contributed by atoms with Crippen molar-refractivity contribution >= 4 is 29.9 Å². The minimum absolute atomic E-state index is 0.0265. The van der Waals surface area contributed by atoms with Gasteiger partial charge >= 0.3 is 24.0 Å². The summed E-state index contributed by atoms with van der Waals surface area (Å²) >= 11 is 0. The first-order valence-electron chi connectivity index (χ1n) is 10.9. The number of carboxylic acid groups (broad SMARTS) is 1. The smallest absolute Gasteiger partial charge is 0.408 e. The molecule has 0 unspecified atom stereocenters. The summed E-state index contributed by atoms with van der Waals surface area (Å²) in [6.07, 6.45) is -1.49. The largest absolute Gasteiger partial charge is 0.480 e. The van der Waals surface area contributed by atoms with Crippen molar-refractivity contribution in [2.75, 3.05) is 13.2 Å². The number of amides is 2. The third kappa shape index (κ3) is 9.47. The molecule has 0 bridgehead atoms. The zero-order valence-electron chi connectivity index (χ0n) is 19.7. The predicted octanol–water partition coefficient (Wildman–Crippen LogP) is 1.64. The maximum atomic E-state index is 12.9. The van der Waals surface area contributed by atoms with Crippen LogP contribution in [0, 0.1) is 11.8 Å². The molecule has 0 saturated heterocycles. The van der Waals surface area contributed by atoms with Crippen molar-refractivity contribution < 1.29 is 43.3 Å². The highest BCUT2D eigenvalue weighted by Gasteiger charge is 2.40. The van der Waals surface area contributed by atoms with E-state index in [4.69, 9.17) is 14.2 Å². The van der Waals surface area contributed by atoms with Gasteiger partial charge in [0.2, 0.25) is 5.91 Å². The van der Waals surface area contributed by atoms with Gasteiger partial charge in [0.25, 0.3) is 0 Å². The van der Waals surface area contributed by atoms with Crippen molar-refractivity contribution in [3.8, 4) is 0 Å². The van der Waals surface area contributed by atoms with Gasteiger partial charge in [-0.3, -0.25) is 14.4 Å². The van der Waals surface area contributed by atoms with Crippen molar-refractivity contribution in [3.63, 3.8) is 0 Å². The lowest BCUT2D eigenvalue weighted by Crippen LogP contribution is -2.57. The van der Waals surface area contributed by atoms with Crippen LogP contribution in [0.4, 0.5) is 4.79 Å². The molecule has 3 N–H and O–H groups in total. The number of aliphatic carboxylic acids is 1. The maximum Gasteiger partial charge on any atom is 0.408 e. The molecule has 0 aliphatic carbocycles. The van der Waals surface area contributed by atoms with Crippen LogP contribution in [-0.2, 0) is 40.0 Å². The van der Waals surface area contributed by atoms with Crippen LogP contribution in [0.2, 0.25) is 0 Å². The van der Waals surface area contributed by atoms with E-state index in [1.54, 1.807) is 45.0 Å². The fraction of sp³-hybridized carbons (Fsp3) is 0.522. The number of alkyl carbamates (subject to hydrolysis) is 1. The molecule has 188 valence electrons. The average Bonchev–Trinajstić information content (AvgIpc) is 2.78. The molecule has 0 fully saturated rings. The number of carbonyl (C=O) groups is 5. The molecule has 1 aromatic carbocycles. The van der Waals surface area contributed by atoms with Gasteiger partial charge in [0.15, 0.2) is 0 Å². The molecule has 0 spiro atoms. The summed E-state index contributed by atoms with van der Waals surface area (Å²) in [5.74, 6) is -6.19. The highest BCUT2D eigenvalue weighted by molar-refractivity contribution is 5.93. The summed E-state index contributed by atoms with van der Waals surface area (Å²) in [7, 11) is 0. The molecule has 2 amide bonds. The van der Waals surface area contributed by atoms with Crippen LogP contribution in [0.1, 0.15) is 39.7 Å². The molecular weight excluding hydrogens is 448 g/mol. The number of hydrogen-bond donors (Lipinski definition) is 3. The first kappa shape index (κ1) is 28.4. The summed E-state index contributed by atoms with van der Waals surface area (Å²) in [6, 6.07) is 5.93. The summed E-state index contributed by atoms with van der Waals surface area (Å²) in [5, 5.41) is 14.3. The van der Waals surface area contributed by atoms with Gasteiger partial charge in [-0.15, -0.1) is 0 Å². The Kier molecular flexibility index (Phi) is 12.1. The predicted molar refractivity (Wildman–Crippen MR) is 119 cm³/mol. The minimum atomic E-state index is -1.79. The normalized spacial score (nSPS) is 13.2. The lowest BCUT2D eigenvalue weighted by Gasteiger charge is -2.27. The molecule has 1 rings (SSSR count). The van der Waals surface area contributed by atoms with Crippen LogP contribution in [0.3, 0.4) is 0 Å². The molecule has 0 radical (unpaired) electrons. The number of benzene rings is 1. The Bertz CT molecular complexity index is 842. The van der Waals surface area contributed by atoms with Gasteiger partial charge in [-0.2, -0.15) is 0 Å². The lowest BCUT2D eigenvalue weighted by atomic mass is 9.94. The number of rotatable bonds is 13. The second-order valence-electron chi connectivity index (χ2n) is 7.62. The van der Waals surface area contributed by atoms with Gasteiger partial charge in [0.1, 0.15) is 18.7 Å². The van der Waals surface area contributed by atoms with Gasteiger partial charge in [0.05, 0.1) is 25.6 Å². The highest BCUT2D eigenvalue weighted by atomic mass is 16.6. The van der Waals surface area contributed by atoms with E-state index in [1.807, 2.05) is 6.07 Å². The van der Waals surface area contributed by atoms with Crippen LogP contribution >= 0.6 is 0 Å². The second-order valence-corrected chi connectivity index (χ2v) is 7.62. The summed E-state index contributed by atoms with van der Waals surface area (Å²) < 4.78 is 14.8. The Morgan fingerprint density at radius 1 is 0.882 bits per heavy atom. The van der Waals surface area contributed by atoms with Crippen LogP contribution < -0.4 is 10.6 Å². The number of ether oxygens (including phenoxy) is 3. The van der Waals surface area contributed by atoms with E-state index in [9.17, 15) is 29.1 Å². The van der Waals surface area contributed by atoms with E-state index in [2.05, 4.69) is 10.6 Å². The summed E-state index contributed by atoms with van der Waals surface area (Å²) in [5.41, 5.74) is 0.741. The zero-order valence-corrected chi connectivity index (χ0v) is 19.7. The van der Waals surface area contributed by atoms with E-state index in [-0.39, 0.29) is 19.8 Å². The van der Waals surface area contributed by atoms with Crippen LogP contribution in [0.15, 0.2) is 30.3 Å². The quantitative estimate of drug-likeness (QED) is 0.282. The van der Waals surface area contributed by atoms with E-state index in [0.717, 1.165) is 5.56 Å². The molecule has 0 aliphatic rings. The van der Waals surface area contributed by atoms with Gasteiger partial charge < -0.3 is 30.0 Å². The molecule has 0 heterocycles. The number of esters is 2. The van der Waals surface area contributed by atoms with E-state index in [0.29, 0.717) is 0 Å². The molecule has 3 atom stereocenters. The molecule has 11 heteroatoms. The number of carboxylic acids is 1. The molecule has 0 aromatic heterocycles. The monoisotopic (exact) mass is 480 g/mol. The molecule has 1 aromatic rings. The van der Waals surface area contributed by atoms with Crippen LogP contribution in [0.5, 0.6) is 0 Å². The number of hydrogen-bond acceptors (Lipinski definition) is 8. The van der Waals surface area contributed by atoms with Crippen molar-refractivity contribution in [2.24, 2.45) is 11.8 Å². The van der Waals surface area contributed by atoms with Crippen LogP contribution in [0.25, 0.3) is 0 Å². The zero-order chi connectivity index (χ0) is 25.7. The number of carbonyl (C=O) groups excluding carboxylic acids is 4. The fourth-order valence-electron chi connectivity index (χ4n) is 2.99. The van der Waals surface area contributed by atoms with Gasteiger partial charge in [-0.1, -0.05) is 44.2 Å². The van der Waals surface area contributed by atoms with Gasteiger partial charge in [-0.25, -0.2) is 9.59 Å². The summed E-state index contributed by atoms with van der Waals surface area (Å²) in [4.78, 5) is 61.4. The molecule has 11 nitrogen and oxygen atoms in total. The van der Waals surface area contributed by atoms with Crippen molar-refractivity contribution in [1.82, 2.24) is 10.6 Å². The molecule has 0 saturated carbocycles. The summed E-state index contributed by atoms with van der Waals surface area (Å²) in [6.45, 7) is 6.31. The topological polar surface area (TPSA) is 157 Å². The standard InChI is InChI=1S/C23H32N2O9/c1-5-32-17(26)12-16(22(30)33-6-2)19(21(28)29)24-20(27)18(14(3)4)25-23(31)34-13-15-10-8-7-9-11-15/h7-11,14,16,18-19H,5-6,12-13H2,1-4H3,(H,24,27)(H,25,31)(H,28,29)/t16-,18-,19+/m0/s1. The van der Waals surface area contributed by atoms with Gasteiger partial charge in [0, 0.05) is 0 Å². The fourth-order valence-corrected chi connectivity index (χ4v) is 2.99. The maximum absolute atomic E-state index is 12.9. The molecule has 0 aliphatic heterocycles. The Hall–Kier alpha value is -3.63. The van der Waals surface area contributed by atoms with Crippen molar-refractivity contribution in [3.05, 3.63) is 35.9 Å². The van der Waals surface area contributed by atoms with E-state index in [1.165, 1.54) is 6.92 Å². The second kappa shape index (κ2) is 14.5. The SMILES string of the molecule is CCOC(=O)C[C@H](C(=O)OCC)[C@@H](NC(=O)[C@@H](NC(=O)OCc1ccccc1)C(C)C)C(=O)O. The van der Waals surface area contributed by atoms with Gasteiger partial charge in [-0.05, 0) is 25.3 Å². The first-order valence-corrected chi connectivity index (χ1v) is 10.9. The van der Waals surface area contributed by atoms with E-state index < -0.39 is 60.2 Å². The third-order valence-electron chi connectivity index (χ3n) is 4.68. The average molecular weight is 481 g/mol. The van der Waals surface area contributed by atoms with Crippen molar-refractivity contribution in [2.45, 2.75) is 52.8 Å². The Morgan fingerprint density at radius 2 is 1.50 bits per heavy atom. The van der Waals surface area contributed by atoms with Crippen LogP contribution in [-0.4, -0.2) is 60.3 Å². The third-order valence-corrected chi connectivity index (χ3v) is 4.68. The number of nitrogens with one attached hydrogen (secondary N) is 2. The Labute approximate surface area is 198 Å². The van der Waals surface area contributed by atoms with E-state index >= 15 is 0 Å². The lowest BCUT2D eigenvalue weighted by molar-refractivity contribution is -0.160. The Balaban J connectivity index is 2.95. The minimum Gasteiger partial charge on any atom is -0.480 e. The van der Waals surface area contributed by atoms with Crippen molar-refractivity contribution in [1.29, 1.82) is 0 Å². The Morgan fingerprint density at radius 3 is 2.03 bits per heavy atom. The first-order chi connectivity index (χ1) is 16.1. The molecule has 34 heavy (non-hydrogen) atoms. The highest BCUT2D eigenvalue weighted by Crippen LogP contribution is 2.15.